The summed E-state index contributed by atoms with van der Waals surface area (Å²) in [4.78, 5) is 20.9. The average Bonchev–Trinajstić information content (AvgIpc) is 2.18. The fourth-order valence-electron chi connectivity index (χ4n) is 0.929. The van der Waals surface area contributed by atoms with E-state index in [1.165, 1.54) is 24.3 Å². The highest BCUT2D eigenvalue weighted by molar-refractivity contribution is 5.94. The zero-order valence-corrected chi connectivity index (χ0v) is 7.27. The number of nitro groups is 1. The molecule has 0 fully saturated rings. The number of hydrogen-bond acceptors (Lipinski definition) is 4. The summed E-state index contributed by atoms with van der Waals surface area (Å²) in [5.41, 5.74) is 5.41. The van der Waals surface area contributed by atoms with Gasteiger partial charge in [-0.2, -0.15) is 0 Å². The van der Waals surface area contributed by atoms with E-state index in [2.05, 4.69) is 5.32 Å². The molecule has 0 aliphatic carbocycles. The van der Waals surface area contributed by atoms with Crippen molar-refractivity contribution in [1.29, 1.82) is 0 Å². The van der Waals surface area contributed by atoms with Crippen molar-refractivity contribution >= 4 is 11.6 Å². The smallest absolute Gasteiger partial charge is 0.269 e. The zero-order valence-electron chi connectivity index (χ0n) is 7.27. The van der Waals surface area contributed by atoms with Gasteiger partial charge < -0.3 is 11.1 Å². The second-order valence-electron chi connectivity index (χ2n) is 2.51. The summed E-state index contributed by atoms with van der Waals surface area (Å²) in [5.74, 6) is -0.345. The molecule has 74 valence electrons. The van der Waals surface area contributed by atoms with Gasteiger partial charge >= 0.3 is 0 Å². The third-order valence-electron chi connectivity index (χ3n) is 1.60. The molecule has 0 unspecified atom stereocenters. The van der Waals surface area contributed by atoms with Gasteiger partial charge in [-0.15, -0.1) is 0 Å². The van der Waals surface area contributed by atoms with Crippen LogP contribution >= 0.6 is 0 Å². The van der Waals surface area contributed by atoms with E-state index in [-0.39, 0.29) is 18.3 Å². The van der Waals surface area contributed by atoms with Gasteiger partial charge in [-0.05, 0) is 12.1 Å². The molecule has 6 heteroatoms. The number of nitrogens with zero attached hydrogens (tertiary/aromatic N) is 1. The first-order valence-electron chi connectivity index (χ1n) is 3.88. The molecule has 14 heavy (non-hydrogen) atoms. The minimum absolute atomic E-state index is 0.0375. The second-order valence-corrected chi connectivity index (χ2v) is 2.51. The van der Waals surface area contributed by atoms with Crippen LogP contribution in [0, 0.1) is 10.1 Å². The fraction of sp³-hybridized carbons (Fsp3) is 0.125. The van der Waals surface area contributed by atoms with Crippen LogP contribution in [0.5, 0.6) is 0 Å². The predicted molar refractivity (Wildman–Crippen MR) is 49.6 cm³/mol. The van der Waals surface area contributed by atoms with E-state index in [1.54, 1.807) is 0 Å². The number of amides is 1. The van der Waals surface area contributed by atoms with E-state index < -0.39 is 4.92 Å². The first-order chi connectivity index (χ1) is 6.65. The molecule has 0 radical (unpaired) electrons. The van der Waals surface area contributed by atoms with Gasteiger partial charge in [0, 0.05) is 17.7 Å². The van der Waals surface area contributed by atoms with Crippen LogP contribution < -0.4 is 11.1 Å². The Morgan fingerprint density at radius 2 is 2.00 bits per heavy atom. The molecule has 0 saturated heterocycles. The minimum Gasteiger partial charge on any atom is -0.340 e. The van der Waals surface area contributed by atoms with Gasteiger partial charge in [0.25, 0.3) is 11.6 Å². The number of nitro benzene ring substituents is 1. The molecule has 3 N–H and O–H groups in total. The van der Waals surface area contributed by atoms with Crippen LogP contribution in [0.25, 0.3) is 0 Å². The Balaban J connectivity index is 2.83. The average molecular weight is 195 g/mol. The van der Waals surface area contributed by atoms with Crippen LogP contribution in [0.2, 0.25) is 0 Å². The van der Waals surface area contributed by atoms with Crippen molar-refractivity contribution in [2.45, 2.75) is 0 Å². The molecule has 0 spiro atoms. The molecule has 0 heterocycles. The zero-order chi connectivity index (χ0) is 10.6. The lowest BCUT2D eigenvalue weighted by molar-refractivity contribution is -0.384. The van der Waals surface area contributed by atoms with Crippen molar-refractivity contribution in [1.82, 2.24) is 5.32 Å². The maximum Gasteiger partial charge on any atom is 0.269 e. The first kappa shape index (κ1) is 10.1. The molecule has 0 aliphatic rings. The Morgan fingerprint density at radius 1 is 1.43 bits per heavy atom. The Hall–Kier alpha value is -1.95. The Morgan fingerprint density at radius 3 is 2.43 bits per heavy atom. The van der Waals surface area contributed by atoms with E-state index in [4.69, 9.17) is 5.73 Å². The molecule has 1 rings (SSSR count). The van der Waals surface area contributed by atoms with Crippen LogP contribution in [0.1, 0.15) is 10.4 Å². The standard InChI is InChI=1S/C8H9N3O3/c9-5-10-8(12)6-1-3-7(4-2-6)11(13)14/h1-4H,5,9H2,(H,10,12). The summed E-state index contributed by atoms with van der Waals surface area (Å²) in [6.45, 7) is 0.0375. The molecule has 0 atom stereocenters. The Kier molecular flexibility index (Phi) is 3.14. The number of benzene rings is 1. The van der Waals surface area contributed by atoms with Gasteiger partial charge in [-0.25, -0.2) is 0 Å². The number of carbonyl (C=O) groups is 1. The number of carbonyl (C=O) groups excluding carboxylic acids is 1. The number of hydrogen-bond donors (Lipinski definition) is 2. The molecule has 1 aromatic carbocycles. The van der Waals surface area contributed by atoms with Crippen molar-refractivity contribution in [3.05, 3.63) is 39.9 Å². The van der Waals surface area contributed by atoms with Gasteiger partial charge in [-0.1, -0.05) is 0 Å². The summed E-state index contributed by atoms with van der Waals surface area (Å²) in [6, 6.07) is 5.29. The lowest BCUT2D eigenvalue weighted by Gasteiger charge is -2.00. The third kappa shape index (κ3) is 2.27. The number of nitrogens with two attached hydrogens (primary N) is 1. The highest BCUT2D eigenvalue weighted by atomic mass is 16.6. The van der Waals surface area contributed by atoms with Crippen molar-refractivity contribution in [2.24, 2.45) is 5.73 Å². The monoisotopic (exact) mass is 195 g/mol. The maximum absolute atomic E-state index is 11.2. The lowest BCUT2D eigenvalue weighted by atomic mass is 10.2. The van der Waals surface area contributed by atoms with Crippen molar-refractivity contribution in [3.63, 3.8) is 0 Å². The van der Waals surface area contributed by atoms with Gasteiger partial charge in [0.2, 0.25) is 0 Å². The molecular weight excluding hydrogens is 186 g/mol. The lowest BCUT2D eigenvalue weighted by Crippen LogP contribution is -2.29. The highest BCUT2D eigenvalue weighted by Gasteiger charge is 2.07. The minimum atomic E-state index is -0.523. The fourth-order valence-corrected chi connectivity index (χ4v) is 0.929. The molecule has 0 aromatic heterocycles. The highest BCUT2D eigenvalue weighted by Crippen LogP contribution is 2.11. The van der Waals surface area contributed by atoms with E-state index >= 15 is 0 Å². The summed E-state index contributed by atoms with van der Waals surface area (Å²) in [5, 5.41) is 12.7. The molecule has 6 nitrogen and oxygen atoms in total. The molecule has 1 aromatic rings. The summed E-state index contributed by atoms with van der Waals surface area (Å²) < 4.78 is 0. The molecular formula is C8H9N3O3. The van der Waals surface area contributed by atoms with Crippen molar-refractivity contribution in [2.75, 3.05) is 6.67 Å². The topological polar surface area (TPSA) is 98.3 Å². The summed E-state index contributed by atoms with van der Waals surface area (Å²) >= 11 is 0. The molecule has 1 amide bonds. The largest absolute Gasteiger partial charge is 0.340 e. The Labute approximate surface area is 79.9 Å². The van der Waals surface area contributed by atoms with E-state index in [0.29, 0.717) is 5.56 Å². The van der Waals surface area contributed by atoms with Crippen LogP contribution in [-0.4, -0.2) is 17.5 Å². The van der Waals surface area contributed by atoms with Gasteiger partial charge in [0.15, 0.2) is 0 Å². The van der Waals surface area contributed by atoms with E-state index in [9.17, 15) is 14.9 Å². The summed E-state index contributed by atoms with van der Waals surface area (Å²) in [6.07, 6.45) is 0. The third-order valence-corrected chi connectivity index (χ3v) is 1.60. The van der Waals surface area contributed by atoms with E-state index in [0.717, 1.165) is 0 Å². The van der Waals surface area contributed by atoms with Gasteiger partial charge in [0.1, 0.15) is 0 Å². The van der Waals surface area contributed by atoms with Crippen LogP contribution in [0.4, 0.5) is 5.69 Å². The van der Waals surface area contributed by atoms with Gasteiger partial charge in [-0.3, -0.25) is 14.9 Å². The molecule has 0 aliphatic heterocycles. The Bertz CT molecular complexity index is 347. The quantitative estimate of drug-likeness (QED) is 0.410. The van der Waals surface area contributed by atoms with Gasteiger partial charge in [0.05, 0.1) is 11.6 Å². The normalized spacial score (nSPS) is 9.50. The summed E-state index contributed by atoms with van der Waals surface area (Å²) in [7, 11) is 0. The SMILES string of the molecule is NCNC(=O)c1ccc([N+](=O)[O-])cc1. The van der Waals surface area contributed by atoms with Crippen LogP contribution in [0.15, 0.2) is 24.3 Å². The first-order valence-corrected chi connectivity index (χ1v) is 3.88. The second kappa shape index (κ2) is 4.33. The molecule has 0 saturated carbocycles. The predicted octanol–water partition coefficient (Wildman–Crippen LogP) is 0.241. The van der Waals surface area contributed by atoms with Crippen LogP contribution in [-0.2, 0) is 0 Å². The van der Waals surface area contributed by atoms with Crippen LogP contribution in [0.3, 0.4) is 0 Å². The van der Waals surface area contributed by atoms with Crippen molar-refractivity contribution in [3.8, 4) is 0 Å². The number of rotatable bonds is 3. The number of nitrogens with one attached hydrogen (secondary N) is 1. The number of non-ortho nitro benzene ring substituents is 1. The molecule has 0 bridgehead atoms. The maximum atomic E-state index is 11.2. The van der Waals surface area contributed by atoms with E-state index in [1.807, 2.05) is 0 Å². The van der Waals surface area contributed by atoms with Crippen molar-refractivity contribution < 1.29 is 9.72 Å².